The van der Waals surface area contributed by atoms with Crippen LogP contribution in [-0.2, 0) is 9.59 Å². The Morgan fingerprint density at radius 3 is 2.41 bits per heavy atom. The third-order valence-corrected chi connectivity index (χ3v) is 3.00. The molecule has 0 saturated heterocycles. The third kappa shape index (κ3) is 6.03. The van der Waals surface area contributed by atoms with E-state index in [1.165, 1.54) is 7.11 Å². The van der Waals surface area contributed by atoms with Crippen LogP contribution in [0.3, 0.4) is 0 Å². The van der Waals surface area contributed by atoms with Crippen LogP contribution in [0.4, 0.5) is 0 Å². The summed E-state index contributed by atoms with van der Waals surface area (Å²) < 4.78 is 10.6. The highest BCUT2D eigenvalue weighted by Crippen LogP contribution is 2.25. The van der Waals surface area contributed by atoms with E-state index in [1.54, 1.807) is 18.2 Å². The summed E-state index contributed by atoms with van der Waals surface area (Å²) in [5.41, 5.74) is 0. The number of benzene rings is 1. The molecule has 0 radical (unpaired) electrons. The molecule has 0 bridgehead atoms. The molecular weight excluding hydrogens is 286 g/mol. The van der Waals surface area contributed by atoms with E-state index in [2.05, 4.69) is 5.32 Å². The van der Waals surface area contributed by atoms with Crippen LogP contribution in [0.2, 0.25) is 0 Å². The average Bonchev–Trinajstić information content (AvgIpc) is 2.46. The molecule has 1 aromatic rings. The zero-order valence-electron chi connectivity index (χ0n) is 13.2. The van der Waals surface area contributed by atoms with E-state index in [1.807, 2.05) is 19.9 Å². The topological polar surface area (TPSA) is 84.9 Å². The molecule has 1 rings (SSSR count). The Kier molecular flexibility index (Phi) is 7.22. The molecule has 0 saturated carbocycles. The first-order valence-corrected chi connectivity index (χ1v) is 7.22. The summed E-state index contributed by atoms with van der Waals surface area (Å²) in [6, 6.07) is 6.27. The van der Waals surface area contributed by atoms with Gasteiger partial charge in [0, 0.05) is 0 Å². The number of carbonyl (C=O) groups is 2. The molecule has 1 atom stereocenters. The van der Waals surface area contributed by atoms with Crippen LogP contribution in [0.1, 0.15) is 26.7 Å². The molecule has 0 aliphatic carbocycles. The van der Waals surface area contributed by atoms with Crippen LogP contribution < -0.4 is 14.8 Å². The fraction of sp³-hybridized carbons (Fsp3) is 0.500. The number of hydrogen-bond donors (Lipinski definition) is 2. The predicted molar refractivity (Wildman–Crippen MR) is 82.1 cm³/mol. The number of carbonyl (C=O) groups excluding carboxylic acids is 1. The minimum atomic E-state index is -1.02. The molecule has 1 amide bonds. The van der Waals surface area contributed by atoms with Crippen LogP contribution in [0.5, 0.6) is 11.5 Å². The van der Waals surface area contributed by atoms with Crippen LogP contribution in [-0.4, -0.2) is 36.7 Å². The van der Waals surface area contributed by atoms with Crippen LogP contribution >= 0.6 is 0 Å². The molecule has 122 valence electrons. The Morgan fingerprint density at radius 1 is 1.23 bits per heavy atom. The number of ether oxygens (including phenoxy) is 2. The lowest BCUT2D eigenvalue weighted by molar-refractivity contribution is -0.142. The van der Waals surface area contributed by atoms with Gasteiger partial charge in [-0.05, 0) is 24.5 Å². The van der Waals surface area contributed by atoms with Crippen LogP contribution in [0.15, 0.2) is 24.3 Å². The van der Waals surface area contributed by atoms with Crippen molar-refractivity contribution in [1.82, 2.24) is 5.32 Å². The highest BCUT2D eigenvalue weighted by Gasteiger charge is 2.20. The van der Waals surface area contributed by atoms with Crippen molar-refractivity contribution in [1.29, 1.82) is 0 Å². The molecule has 1 aromatic carbocycles. The van der Waals surface area contributed by atoms with Gasteiger partial charge in [-0.3, -0.25) is 4.79 Å². The Labute approximate surface area is 130 Å². The van der Waals surface area contributed by atoms with Gasteiger partial charge in [-0.1, -0.05) is 26.0 Å². The average molecular weight is 309 g/mol. The second-order valence-electron chi connectivity index (χ2n) is 5.34. The van der Waals surface area contributed by atoms with Gasteiger partial charge in [0.05, 0.1) is 20.1 Å². The molecule has 0 heterocycles. The summed E-state index contributed by atoms with van der Waals surface area (Å²) in [4.78, 5) is 22.9. The minimum absolute atomic E-state index is 0.0833. The lowest BCUT2D eigenvalue weighted by Crippen LogP contribution is -2.42. The SMILES string of the molecule is COc1ccccc1OCCC(=O)N[C@H](CC(C)C)C(=O)O. The number of carboxylic acid groups (broad SMARTS) is 1. The largest absolute Gasteiger partial charge is 0.493 e. The van der Waals surface area contributed by atoms with Gasteiger partial charge in [-0.25, -0.2) is 4.79 Å². The molecule has 0 fully saturated rings. The lowest BCUT2D eigenvalue weighted by Gasteiger charge is -2.16. The van der Waals surface area contributed by atoms with Gasteiger partial charge in [0.2, 0.25) is 5.91 Å². The highest BCUT2D eigenvalue weighted by molar-refractivity contribution is 5.83. The third-order valence-electron chi connectivity index (χ3n) is 3.00. The maximum absolute atomic E-state index is 11.8. The van der Waals surface area contributed by atoms with Gasteiger partial charge >= 0.3 is 5.97 Å². The van der Waals surface area contributed by atoms with Crippen molar-refractivity contribution in [2.24, 2.45) is 5.92 Å². The first-order valence-electron chi connectivity index (χ1n) is 7.22. The fourth-order valence-corrected chi connectivity index (χ4v) is 1.95. The molecule has 6 nitrogen and oxygen atoms in total. The number of nitrogens with one attached hydrogen (secondary N) is 1. The van der Waals surface area contributed by atoms with Crippen molar-refractivity contribution >= 4 is 11.9 Å². The van der Waals surface area contributed by atoms with E-state index >= 15 is 0 Å². The van der Waals surface area contributed by atoms with E-state index < -0.39 is 12.0 Å². The Hall–Kier alpha value is -2.24. The van der Waals surface area contributed by atoms with E-state index in [0.717, 1.165) is 0 Å². The van der Waals surface area contributed by atoms with Gasteiger partial charge in [0.1, 0.15) is 6.04 Å². The molecular formula is C16H23NO5. The standard InChI is InChI=1S/C16H23NO5/c1-11(2)10-12(16(19)20)17-15(18)8-9-22-14-7-5-4-6-13(14)21-3/h4-7,11-12H,8-10H2,1-3H3,(H,17,18)(H,19,20)/t12-/m1/s1. The fourth-order valence-electron chi connectivity index (χ4n) is 1.95. The number of carboxylic acids is 1. The summed E-state index contributed by atoms with van der Waals surface area (Å²) in [7, 11) is 1.54. The Balaban J connectivity index is 2.43. The number of aliphatic carboxylic acids is 1. The molecule has 0 unspecified atom stereocenters. The molecule has 22 heavy (non-hydrogen) atoms. The van der Waals surface area contributed by atoms with Crippen molar-refractivity contribution in [3.8, 4) is 11.5 Å². The minimum Gasteiger partial charge on any atom is -0.493 e. The first-order chi connectivity index (χ1) is 10.4. The lowest BCUT2D eigenvalue weighted by atomic mass is 10.0. The molecule has 6 heteroatoms. The van der Waals surface area contributed by atoms with Crippen molar-refractivity contribution in [2.75, 3.05) is 13.7 Å². The summed E-state index contributed by atoms with van der Waals surface area (Å²) >= 11 is 0. The van der Waals surface area contributed by atoms with Gasteiger partial charge in [0.15, 0.2) is 11.5 Å². The number of methoxy groups -OCH3 is 1. The Bertz CT molecular complexity index is 501. The zero-order valence-corrected chi connectivity index (χ0v) is 13.2. The number of para-hydroxylation sites is 2. The molecule has 0 aliphatic rings. The van der Waals surface area contributed by atoms with E-state index in [9.17, 15) is 9.59 Å². The first kappa shape index (κ1) is 17.8. The van der Waals surface area contributed by atoms with Crippen molar-refractivity contribution in [3.63, 3.8) is 0 Å². The second kappa shape index (κ2) is 8.92. The highest BCUT2D eigenvalue weighted by atomic mass is 16.5. The molecule has 0 aliphatic heterocycles. The predicted octanol–water partition coefficient (Wildman–Crippen LogP) is 2.08. The number of hydrogen-bond acceptors (Lipinski definition) is 4. The van der Waals surface area contributed by atoms with E-state index in [4.69, 9.17) is 14.6 Å². The molecule has 0 aromatic heterocycles. The normalized spacial score (nSPS) is 11.8. The summed E-state index contributed by atoms with van der Waals surface area (Å²) in [6.07, 6.45) is 0.481. The summed E-state index contributed by atoms with van der Waals surface area (Å²) in [5.74, 6) is -0.0391. The van der Waals surface area contributed by atoms with Crippen LogP contribution in [0.25, 0.3) is 0 Å². The Morgan fingerprint density at radius 2 is 1.86 bits per heavy atom. The summed E-state index contributed by atoms with van der Waals surface area (Å²) in [6.45, 7) is 3.97. The van der Waals surface area contributed by atoms with Crippen molar-refractivity contribution in [2.45, 2.75) is 32.7 Å². The second-order valence-corrected chi connectivity index (χ2v) is 5.34. The quantitative estimate of drug-likeness (QED) is 0.729. The monoisotopic (exact) mass is 309 g/mol. The van der Waals surface area contributed by atoms with Crippen molar-refractivity contribution in [3.05, 3.63) is 24.3 Å². The molecule has 0 spiro atoms. The maximum atomic E-state index is 11.8. The number of rotatable bonds is 9. The van der Waals surface area contributed by atoms with Crippen LogP contribution in [0, 0.1) is 5.92 Å². The molecule has 2 N–H and O–H groups in total. The van der Waals surface area contributed by atoms with Gasteiger partial charge in [-0.2, -0.15) is 0 Å². The maximum Gasteiger partial charge on any atom is 0.326 e. The van der Waals surface area contributed by atoms with Gasteiger partial charge < -0.3 is 19.9 Å². The van der Waals surface area contributed by atoms with Crippen molar-refractivity contribution < 1.29 is 24.2 Å². The number of amides is 1. The summed E-state index contributed by atoms with van der Waals surface area (Å²) in [5, 5.41) is 11.6. The zero-order chi connectivity index (χ0) is 16.5. The van der Waals surface area contributed by atoms with E-state index in [-0.39, 0.29) is 24.9 Å². The van der Waals surface area contributed by atoms with Gasteiger partial charge in [-0.15, -0.1) is 0 Å². The van der Waals surface area contributed by atoms with E-state index in [0.29, 0.717) is 17.9 Å². The van der Waals surface area contributed by atoms with Gasteiger partial charge in [0.25, 0.3) is 0 Å². The smallest absolute Gasteiger partial charge is 0.326 e.